The van der Waals surface area contributed by atoms with Crippen LogP contribution in [0.5, 0.6) is 0 Å². The molecule has 96 valence electrons. The first-order chi connectivity index (χ1) is 8.22. The van der Waals surface area contributed by atoms with E-state index in [1.54, 1.807) is 6.92 Å². The van der Waals surface area contributed by atoms with Gasteiger partial charge in [-0.1, -0.05) is 18.5 Å². The standard InChI is InChI=1S/C12H20N2O2S/c1-3-9(8(2)15)12-13-11(14-16-12)10-6-4-5-7-17-10/h8-10,15H,3-7H2,1-2H3. The highest BCUT2D eigenvalue weighted by Gasteiger charge is 2.26. The van der Waals surface area contributed by atoms with Gasteiger partial charge in [0.15, 0.2) is 5.82 Å². The van der Waals surface area contributed by atoms with Crippen molar-refractivity contribution in [2.45, 2.75) is 56.8 Å². The van der Waals surface area contributed by atoms with Gasteiger partial charge >= 0.3 is 0 Å². The molecule has 1 N–H and O–H groups in total. The Hall–Kier alpha value is -0.550. The smallest absolute Gasteiger partial charge is 0.232 e. The van der Waals surface area contributed by atoms with Crippen LogP contribution < -0.4 is 0 Å². The first-order valence-electron chi connectivity index (χ1n) is 6.35. The second kappa shape index (κ2) is 5.87. The SMILES string of the molecule is CCC(c1nc(C2CCCCS2)no1)C(C)O. The fourth-order valence-corrected chi connectivity index (χ4v) is 3.43. The molecule has 0 saturated carbocycles. The Labute approximate surface area is 106 Å². The van der Waals surface area contributed by atoms with E-state index >= 15 is 0 Å². The molecule has 0 aromatic carbocycles. The number of nitrogens with zero attached hydrogens (tertiary/aromatic N) is 2. The maximum atomic E-state index is 9.65. The Morgan fingerprint density at radius 1 is 1.53 bits per heavy atom. The highest BCUT2D eigenvalue weighted by molar-refractivity contribution is 7.99. The van der Waals surface area contributed by atoms with Crippen LogP contribution >= 0.6 is 11.8 Å². The van der Waals surface area contributed by atoms with Gasteiger partial charge in [0.2, 0.25) is 5.89 Å². The molecule has 17 heavy (non-hydrogen) atoms. The van der Waals surface area contributed by atoms with Gasteiger partial charge in [0.1, 0.15) is 0 Å². The van der Waals surface area contributed by atoms with Crippen molar-refractivity contribution in [3.8, 4) is 0 Å². The van der Waals surface area contributed by atoms with E-state index in [2.05, 4.69) is 10.1 Å². The number of thioether (sulfide) groups is 1. The average Bonchev–Trinajstić information content (AvgIpc) is 2.80. The van der Waals surface area contributed by atoms with Crippen LogP contribution in [0, 0.1) is 0 Å². The molecule has 4 nitrogen and oxygen atoms in total. The number of rotatable bonds is 4. The van der Waals surface area contributed by atoms with E-state index < -0.39 is 6.10 Å². The third-order valence-corrected chi connectivity index (χ3v) is 4.64. The van der Waals surface area contributed by atoms with E-state index in [0.717, 1.165) is 18.7 Å². The Morgan fingerprint density at radius 3 is 2.94 bits per heavy atom. The minimum Gasteiger partial charge on any atom is -0.393 e. The normalized spacial score (nSPS) is 24.5. The number of aromatic nitrogens is 2. The van der Waals surface area contributed by atoms with Crippen LogP contribution in [0.4, 0.5) is 0 Å². The van der Waals surface area contributed by atoms with Gasteiger partial charge in [-0.15, -0.1) is 0 Å². The minimum atomic E-state index is -0.438. The number of aliphatic hydroxyl groups is 1. The molecule has 1 aromatic heterocycles. The van der Waals surface area contributed by atoms with Crippen LogP contribution in [0.1, 0.15) is 62.4 Å². The molecule has 3 atom stereocenters. The number of hydrogen-bond acceptors (Lipinski definition) is 5. The van der Waals surface area contributed by atoms with E-state index in [-0.39, 0.29) is 5.92 Å². The Balaban J connectivity index is 2.08. The third kappa shape index (κ3) is 3.01. The second-order valence-electron chi connectivity index (χ2n) is 4.60. The topological polar surface area (TPSA) is 59.2 Å². The van der Waals surface area contributed by atoms with Crippen molar-refractivity contribution in [3.05, 3.63) is 11.7 Å². The number of aliphatic hydroxyl groups excluding tert-OH is 1. The van der Waals surface area contributed by atoms with Crippen LogP contribution in [0.2, 0.25) is 0 Å². The first kappa shape index (κ1) is 12.9. The molecule has 0 amide bonds. The van der Waals surface area contributed by atoms with Gasteiger partial charge in [-0.3, -0.25) is 0 Å². The summed E-state index contributed by atoms with van der Waals surface area (Å²) in [5.41, 5.74) is 0. The quantitative estimate of drug-likeness (QED) is 0.897. The first-order valence-corrected chi connectivity index (χ1v) is 7.40. The molecule has 0 spiro atoms. The lowest BCUT2D eigenvalue weighted by Crippen LogP contribution is -2.14. The molecular formula is C12H20N2O2S. The summed E-state index contributed by atoms with van der Waals surface area (Å²) in [6.45, 7) is 3.80. The fourth-order valence-electron chi connectivity index (χ4n) is 2.20. The summed E-state index contributed by atoms with van der Waals surface area (Å²) in [6, 6.07) is 0. The van der Waals surface area contributed by atoms with Crippen LogP contribution in [-0.4, -0.2) is 27.1 Å². The predicted octanol–water partition coefficient (Wildman–Crippen LogP) is 2.90. The highest BCUT2D eigenvalue weighted by Crippen LogP contribution is 2.37. The van der Waals surface area contributed by atoms with Crippen molar-refractivity contribution in [2.75, 3.05) is 5.75 Å². The van der Waals surface area contributed by atoms with Gasteiger partial charge in [-0.05, 0) is 31.9 Å². The molecule has 0 bridgehead atoms. The molecule has 1 fully saturated rings. The van der Waals surface area contributed by atoms with Crippen LogP contribution in [0.3, 0.4) is 0 Å². The van der Waals surface area contributed by atoms with Gasteiger partial charge in [-0.2, -0.15) is 16.7 Å². The molecule has 1 aromatic rings. The summed E-state index contributed by atoms with van der Waals surface area (Å²) in [5, 5.41) is 14.1. The molecule has 0 radical (unpaired) electrons. The van der Waals surface area contributed by atoms with Crippen LogP contribution in [0.15, 0.2) is 4.52 Å². The average molecular weight is 256 g/mol. The predicted molar refractivity (Wildman–Crippen MR) is 68.1 cm³/mol. The van der Waals surface area contributed by atoms with E-state index in [1.165, 1.54) is 18.6 Å². The molecule has 2 rings (SSSR count). The van der Waals surface area contributed by atoms with E-state index in [4.69, 9.17) is 4.52 Å². The fraction of sp³-hybridized carbons (Fsp3) is 0.833. The zero-order chi connectivity index (χ0) is 12.3. The molecule has 1 aliphatic heterocycles. The van der Waals surface area contributed by atoms with E-state index in [1.807, 2.05) is 18.7 Å². The van der Waals surface area contributed by atoms with Crippen molar-refractivity contribution < 1.29 is 9.63 Å². The summed E-state index contributed by atoms with van der Waals surface area (Å²) in [6.07, 6.45) is 4.05. The Kier molecular flexibility index (Phi) is 4.45. The summed E-state index contributed by atoms with van der Waals surface area (Å²) in [5.74, 6) is 2.54. The lowest BCUT2D eigenvalue weighted by molar-refractivity contribution is 0.141. The van der Waals surface area contributed by atoms with E-state index in [0.29, 0.717) is 11.1 Å². The Morgan fingerprint density at radius 2 is 2.35 bits per heavy atom. The lowest BCUT2D eigenvalue weighted by atomic mass is 10.0. The van der Waals surface area contributed by atoms with Crippen molar-refractivity contribution in [1.29, 1.82) is 0 Å². The molecular weight excluding hydrogens is 236 g/mol. The van der Waals surface area contributed by atoms with Crippen molar-refractivity contribution in [1.82, 2.24) is 10.1 Å². The van der Waals surface area contributed by atoms with Crippen molar-refractivity contribution in [3.63, 3.8) is 0 Å². The van der Waals surface area contributed by atoms with Gasteiger partial charge in [0.25, 0.3) is 0 Å². The highest BCUT2D eigenvalue weighted by atomic mass is 32.2. The largest absolute Gasteiger partial charge is 0.393 e. The monoisotopic (exact) mass is 256 g/mol. The molecule has 3 unspecified atom stereocenters. The minimum absolute atomic E-state index is 0.0372. The zero-order valence-electron chi connectivity index (χ0n) is 10.4. The third-order valence-electron chi connectivity index (χ3n) is 3.26. The maximum Gasteiger partial charge on any atom is 0.232 e. The van der Waals surface area contributed by atoms with Gasteiger partial charge in [0.05, 0.1) is 17.3 Å². The molecule has 1 aliphatic rings. The molecule has 1 saturated heterocycles. The zero-order valence-corrected chi connectivity index (χ0v) is 11.2. The summed E-state index contributed by atoms with van der Waals surface area (Å²) in [7, 11) is 0. The van der Waals surface area contributed by atoms with Gasteiger partial charge < -0.3 is 9.63 Å². The summed E-state index contributed by atoms with van der Waals surface area (Å²) >= 11 is 1.91. The molecule has 2 heterocycles. The van der Waals surface area contributed by atoms with Crippen molar-refractivity contribution in [2.24, 2.45) is 0 Å². The van der Waals surface area contributed by atoms with E-state index in [9.17, 15) is 5.11 Å². The second-order valence-corrected chi connectivity index (χ2v) is 5.91. The van der Waals surface area contributed by atoms with Crippen LogP contribution in [-0.2, 0) is 0 Å². The van der Waals surface area contributed by atoms with Gasteiger partial charge in [-0.25, -0.2) is 0 Å². The Bertz CT molecular complexity index is 348. The molecule has 0 aliphatic carbocycles. The number of hydrogen-bond donors (Lipinski definition) is 1. The van der Waals surface area contributed by atoms with Crippen LogP contribution in [0.25, 0.3) is 0 Å². The van der Waals surface area contributed by atoms with Crippen molar-refractivity contribution >= 4 is 11.8 Å². The lowest BCUT2D eigenvalue weighted by Gasteiger charge is -2.17. The maximum absolute atomic E-state index is 9.65. The summed E-state index contributed by atoms with van der Waals surface area (Å²) in [4.78, 5) is 4.47. The van der Waals surface area contributed by atoms with Gasteiger partial charge in [0, 0.05) is 0 Å². The summed E-state index contributed by atoms with van der Waals surface area (Å²) < 4.78 is 5.30. The molecule has 5 heteroatoms.